The topological polar surface area (TPSA) is 9.23 Å². The Bertz CT molecular complexity index is 227. The van der Waals surface area contributed by atoms with E-state index in [0.29, 0.717) is 10.8 Å². The fourth-order valence-corrected chi connectivity index (χ4v) is 3.29. The number of rotatable bonds is 0. The Morgan fingerprint density at radius 3 is 1.40 bits per heavy atom. The minimum atomic E-state index is 0.00375. The van der Waals surface area contributed by atoms with Crippen LogP contribution in [-0.4, -0.2) is 11.2 Å². The number of ether oxygens (including phenoxy) is 1. The summed E-state index contributed by atoms with van der Waals surface area (Å²) >= 11 is 0. The molecule has 0 radical (unpaired) electrons. The summed E-state index contributed by atoms with van der Waals surface area (Å²) < 4.78 is 6.15. The molecule has 0 atom stereocenters. The second-order valence-corrected chi connectivity index (χ2v) is 7.79. The van der Waals surface area contributed by atoms with Crippen molar-refractivity contribution in [3.63, 3.8) is 0 Å². The van der Waals surface area contributed by atoms with E-state index in [-0.39, 0.29) is 11.2 Å². The minimum absolute atomic E-state index is 0.00375. The molecule has 1 heteroatoms. The first-order valence-corrected chi connectivity index (χ1v) is 6.07. The molecule has 1 saturated heterocycles. The molecule has 90 valence electrons. The Hall–Kier alpha value is -0.0400. The molecule has 1 aliphatic rings. The molecule has 0 N–H and O–H groups in total. The number of hydrogen-bond acceptors (Lipinski definition) is 1. The molecule has 1 nitrogen and oxygen atoms in total. The molecule has 1 fully saturated rings. The second kappa shape index (κ2) is 3.23. The fourth-order valence-electron chi connectivity index (χ4n) is 3.29. The van der Waals surface area contributed by atoms with Gasteiger partial charge in [0.15, 0.2) is 0 Å². The van der Waals surface area contributed by atoms with E-state index in [1.54, 1.807) is 0 Å². The first kappa shape index (κ1) is 13.0. The smallest absolute Gasteiger partial charge is 0.0639 e. The predicted molar refractivity (Wildman–Crippen MR) is 66.0 cm³/mol. The van der Waals surface area contributed by atoms with Gasteiger partial charge in [0.2, 0.25) is 0 Å². The van der Waals surface area contributed by atoms with E-state index in [1.165, 1.54) is 0 Å². The Kier molecular flexibility index (Phi) is 2.80. The zero-order valence-corrected chi connectivity index (χ0v) is 11.8. The molecule has 0 bridgehead atoms. The van der Waals surface area contributed by atoms with Gasteiger partial charge in [0.1, 0.15) is 0 Å². The number of hydrogen-bond donors (Lipinski definition) is 0. The molecule has 0 aromatic heterocycles. The first-order valence-electron chi connectivity index (χ1n) is 6.07. The van der Waals surface area contributed by atoms with Crippen LogP contribution in [0.3, 0.4) is 0 Å². The van der Waals surface area contributed by atoms with E-state index in [2.05, 4.69) is 55.4 Å². The van der Waals surface area contributed by atoms with Crippen LogP contribution >= 0.6 is 0 Å². The van der Waals surface area contributed by atoms with Gasteiger partial charge in [0.05, 0.1) is 11.2 Å². The van der Waals surface area contributed by atoms with Gasteiger partial charge in [0, 0.05) is 0 Å². The van der Waals surface area contributed by atoms with E-state index < -0.39 is 0 Å². The van der Waals surface area contributed by atoms with Gasteiger partial charge in [-0.1, -0.05) is 27.7 Å². The van der Waals surface area contributed by atoms with Crippen molar-refractivity contribution in [2.24, 2.45) is 10.8 Å². The summed E-state index contributed by atoms with van der Waals surface area (Å²) in [6.07, 6.45) is 2.29. The van der Waals surface area contributed by atoms with Gasteiger partial charge in [-0.2, -0.15) is 0 Å². The van der Waals surface area contributed by atoms with E-state index in [0.717, 1.165) is 12.8 Å². The molecule has 0 saturated carbocycles. The van der Waals surface area contributed by atoms with Crippen molar-refractivity contribution in [3.05, 3.63) is 0 Å². The summed E-state index contributed by atoms with van der Waals surface area (Å²) in [6, 6.07) is 0. The van der Waals surface area contributed by atoms with Gasteiger partial charge in [-0.05, 0) is 51.4 Å². The SMILES string of the molecule is CC1(C)CC(C)(C(C)(C)C)CC(C)(C)O1. The van der Waals surface area contributed by atoms with E-state index in [9.17, 15) is 0 Å². The van der Waals surface area contributed by atoms with Gasteiger partial charge in [0.25, 0.3) is 0 Å². The van der Waals surface area contributed by atoms with Crippen LogP contribution in [0.15, 0.2) is 0 Å². The zero-order valence-electron chi connectivity index (χ0n) is 11.8. The molecule has 0 aromatic rings. The van der Waals surface area contributed by atoms with Crippen molar-refractivity contribution in [2.75, 3.05) is 0 Å². The highest BCUT2D eigenvalue weighted by Crippen LogP contribution is 2.54. The maximum atomic E-state index is 6.15. The third-order valence-electron chi connectivity index (χ3n) is 4.00. The average molecular weight is 212 g/mol. The van der Waals surface area contributed by atoms with Crippen molar-refractivity contribution >= 4 is 0 Å². The van der Waals surface area contributed by atoms with Crippen LogP contribution in [0, 0.1) is 10.8 Å². The van der Waals surface area contributed by atoms with Crippen molar-refractivity contribution < 1.29 is 4.74 Å². The zero-order chi connectivity index (χ0) is 12.1. The average Bonchev–Trinajstić information content (AvgIpc) is 1.72. The quantitative estimate of drug-likeness (QED) is 0.578. The second-order valence-electron chi connectivity index (χ2n) is 7.79. The van der Waals surface area contributed by atoms with E-state index >= 15 is 0 Å². The molecule has 1 rings (SSSR count). The van der Waals surface area contributed by atoms with Crippen molar-refractivity contribution in [3.8, 4) is 0 Å². The minimum Gasteiger partial charge on any atom is -0.370 e. The molecule has 0 unspecified atom stereocenters. The maximum absolute atomic E-state index is 6.15. The van der Waals surface area contributed by atoms with Crippen LogP contribution in [0.5, 0.6) is 0 Å². The molecule has 0 spiro atoms. The Balaban J connectivity index is 3.03. The third-order valence-corrected chi connectivity index (χ3v) is 4.00. The Morgan fingerprint density at radius 2 is 1.13 bits per heavy atom. The van der Waals surface area contributed by atoms with Crippen LogP contribution in [0.2, 0.25) is 0 Å². The van der Waals surface area contributed by atoms with Crippen LogP contribution in [0.1, 0.15) is 68.2 Å². The van der Waals surface area contributed by atoms with Gasteiger partial charge >= 0.3 is 0 Å². The lowest BCUT2D eigenvalue weighted by Gasteiger charge is -2.56. The van der Waals surface area contributed by atoms with E-state index in [1.807, 2.05) is 0 Å². The van der Waals surface area contributed by atoms with Crippen LogP contribution in [0.4, 0.5) is 0 Å². The summed E-state index contributed by atoms with van der Waals surface area (Å²) in [5, 5.41) is 0. The highest BCUT2D eigenvalue weighted by atomic mass is 16.5. The van der Waals surface area contributed by atoms with Crippen molar-refractivity contribution in [1.82, 2.24) is 0 Å². The highest BCUT2D eigenvalue weighted by Gasteiger charge is 2.50. The lowest BCUT2D eigenvalue weighted by atomic mass is 9.58. The van der Waals surface area contributed by atoms with Crippen molar-refractivity contribution in [2.45, 2.75) is 79.4 Å². The molecule has 0 aliphatic carbocycles. The monoisotopic (exact) mass is 212 g/mol. The van der Waals surface area contributed by atoms with Crippen molar-refractivity contribution in [1.29, 1.82) is 0 Å². The van der Waals surface area contributed by atoms with Crippen LogP contribution < -0.4 is 0 Å². The summed E-state index contributed by atoms with van der Waals surface area (Å²) in [7, 11) is 0. The Labute approximate surface area is 95.6 Å². The highest BCUT2D eigenvalue weighted by molar-refractivity contribution is 5.00. The fraction of sp³-hybridized carbons (Fsp3) is 1.00. The molecular formula is C14H28O. The van der Waals surface area contributed by atoms with Gasteiger partial charge in [-0.25, -0.2) is 0 Å². The standard InChI is InChI=1S/C14H28O/c1-11(2,3)14(8)9-12(4,5)15-13(6,7)10-14/h9-10H2,1-8H3. The van der Waals surface area contributed by atoms with Crippen LogP contribution in [-0.2, 0) is 4.74 Å². The first-order chi connectivity index (χ1) is 6.37. The molecule has 0 amide bonds. The lowest BCUT2D eigenvalue weighted by Crippen LogP contribution is -2.53. The van der Waals surface area contributed by atoms with Gasteiger partial charge in [-0.3, -0.25) is 0 Å². The lowest BCUT2D eigenvalue weighted by molar-refractivity contribution is -0.213. The normalized spacial score (nSPS) is 28.8. The molecule has 1 heterocycles. The van der Waals surface area contributed by atoms with Gasteiger partial charge in [-0.15, -0.1) is 0 Å². The van der Waals surface area contributed by atoms with Crippen LogP contribution in [0.25, 0.3) is 0 Å². The molecule has 15 heavy (non-hydrogen) atoms. The molecule has 0 aromatic carbocycles. The largest absolute Gasteiger partial charge is 0.370 e. The maximum Gasteiger partial charge on any atom is 0.0639 e. The summed E-state index contributed by atoms with van der Waals surface area (Å²) in [5.41, 5.74) is 0.705. The third kappa shape index (κ3) is 2.75. The predicted octanol–water partition coefficient (Wildman–Crippen LogP) is 4.41. The Morgan fingerprint density at radius 1 is 0.800 bits per heavy atom. The summed E-state index contributed by atoms with van der Waals surface area (Å²) in [6.45, 7) is 18.4. The molecular weight excluding hydrogens is 184 g/mol. The summed E-state index contributed by atoms with van der Waals surface area (Å²) in [4.78, 5) is 0. The van der Waals surface area contributed by atoms with Gasteiger partial charge < -0.3 is 4.74 Å². The molecule has 1 aliphatic heterocycles. The van der Waals surface area contributed by atoms with E-state index in [4.69, 9.17) is 4.74 Å². The summed E-state index contributed by atoms with van der Waals surface area (Å²) in [5.74, 6) is 0.